The molecule has 1 saturated carbocycles. The molecular weight excluding hydrogens is 305 g/mol. The minimum atomic E-state index is -0.316. The van der Waals surface area contributed by atoms with E-state index in [9.17, 15) is 9.18 Å². The second-order valence-corrected chi connectivity index (χ2v) is 6.71. The van der Waals surface area contributed by atoms with Crippen LogP contribution in [-0.2, 0) is 0 Å². The highest BCUT2D eigenvalue weighted by atomic mass is 19.1. The van der Waals surface area contributed by atoms with Crippen LogP contribution >= 0.6 is 0 Å². The highest BCUT2D eigenvalue weighted by Crippen LogP contribution is 2.38. The topological polar surface area (TPSA) is 37.3 Å². The first-order valence-corrected chi connectivity index (χ1v) is 8.61. The van der Waals surface area contributed by atoms with Crippen molar-refractivity contribution in [3.63, 3.8) is 0 Å². The molecule has 1 aromatic heterocycles. The quantitative estimate of drug-likeness (QED) is 0.878. The van der Waals surface area contributed by atoms with Crippen molar-refractivity contribution in [2.24, 2.45) is 0 Å². The fourth-order valence-electron chi connectivity index (χ4n) is 3.65. The van der Waals surface area contributed by atoms with Gasteiger partial charge in [0.2, 0.25) is 0 Å². The van der Waals surface area contributed by atoms with Gasteiger partial charge in [-0.15, -0.1) is 6.58 Å². The zero-order valence-electron chi connectivity index (χ0n) is 13.7. The molecule has 1 aliphatic heterocycles. The minimum Gasteiger partial charge on any atom is -0.363 e. The molecule has 2 aromatic rings. The molecule has 1 N–H and O–H groups in total. The number of hydrogen-bond acceptors (Lipinski definition) is 3. The third-order valence-corrected chi connectivity index (χ3v) is 5.03. The lowest BCUT2D eigenvalue weighted by molar-refractivity contribution is 0.470. The minimum absolute atomic E-state index is 0.115. The average Bonchev–Trinajstić information content (AvgIpc) is 3.41. The van der Waals surface area contributed by atoms with E-state index in [0.717, 1.165) is 44.4 Å². The molecule has 126 valence electrons. The second-order valence-electron chi connectivity index (χ2n) is 6.71. The van der Waals surface area contributed by atoms with Crippen LogP contribution < -0.4 is 15.6 Å². The molecule has 0 spiro atoms. The van der Waals surface area contributed by atoms with E-state index in [-0.39, 0.29) is 17.3 Å². The number of anilines is 1. The molecule has 1 atom stereocenters. The highest BCUT2D eigenvalue weighted by molar-refractivity contribution is 5.83. The number of rotatable bonds is 4. The summed E-state index contributed by atoms with van der Waals surface area (Å²) >= 11 is 0. The first-order valence-electron chi connectivity index (χ1n) is 8.61. The van der Waals surface area contributed by atoms with Gasteiger partial charge in [0.25, 0.3) is 0 Å². The zero-order valence-corrected chi connectivity index (χ0v) is 13.7. The lowest BCUT2D eigenvalue weighted by Gasteiger charge is -2.38. The standard InChI is InChI=1S/C19H22FN3O/c1-2-3-14-12-21-7-9-23(14)18-11-17-15(10-16(18)20)19(24)6-8-22(17)13-4-5-13/h2,6,8,10-11,13-14,21H,1,3-5,7,9,12H2. The third-order valence-electron chi connectivity index (χ3n) is 5.03. The van der Waals surface area contributed by atoms with Crippen LogP contribution in [0.1, 0.15) is 25.3 Å². The van der Waals surface area contributed by atoms with Crippen LogP contribution in [0, 0.1) is 5.82 Å². The number of pyridine rings is 1. The summed E-state index contributed by atoms with van der Waals surface area (Å²) in [4.78, 5) is 14.3. The number of halogens is 1. The van der Waals surface area contributed by atoms with Gasteiger partial charge in [-0.2, -0.15) is 0 Å². The van der Waals surface area contributed by atoms with Crippen molar-refractivity contribution in [1.82, 2.24) is 9.88 Å². The summed E-state index contributed by atoms with van der Waals surface area (Å²) in [7, 11) is 0. The van der Waals surface area contributed by atoms with E-state index in [2.05, 4.69) is 21.4 Å². The van der Waals surface area contributed by atoms with Crippen LogP contribution in [0.2, 0.25) is 0 Å². The van der Waals surface area contributed by atoms with Crippen LogP contribution in [0.5, 0.6) is 0 Å². The van der Waals surface area contributed by atoms with Crippen molar-refractivity contribution in [3.05, 3.63) is 53.1 Å². The van der Waals surface area contributed by atoms with Crippen LogP contribution in [0.3, 0.4) is 0 Å². The van der Waals surface area contributed by atoms with Crippen molar-refractivity contribution >= 4 is 16.6 Å². The first kappa shape index (κ1) is 15.4. The Hall–Kier alpha value is -2.14. The monoisotopic (exact) mass is 327 g/mol. The van der Waals surface area contributed by atoms with Gasteiger partial charge in [0.15, 0.2) is 5.43 Å². The Labute approximate surface area is 140 Å². The van der Waals surface area contributed by atoms with E-state index in [1.807, 2.05) is 18.3 Å². The van der Waals surface area contributed by atoms with Gasteiger partial charge in [-0.05, 0) is 31.4 Å². The molecule has 0 amide bonds. The molecule has 5 heteroatoms. The smallest absolute Gasteiger partial charge is 0.189 e. The Kier molecular flexibility index (Phi) is 3.88. The highest BCUT2D eigenvalue weighted by Gasteiger charge is 2.27. The van der Waals surface area contributed by atoms with Gasteiger partial charge in [-0.3, -0.25) is 4.79 Å². The number of benzene rings is 1. The first-order chi connectivity index (χ1) is 11.7. The Bertz CT molecular complexity index is 840. The Morgan fingerprint density at radius 1 is 1.38 bits per heavy atom. The summed E-state index contributed by atoms with van der Waals surface area (Å²) < 4.78 is 16.9. The van der Waals surface area contributed by atoms with Gasteiger partial charge in [0, 0.05) is 49.4 Å². The molecule has 24 heavy (non-hydrogen) atoms. The van der Waals surface area contributed by atoms with E-state index >= 15 is 0 Å². The number of piperazine rings is 1. The summed E-state index contributed by atoms with van der Waals surface area (Å²) in [6.07, 6.45) is 6.77. The van der Waals surface area contributed by atoms with Gasteiger partial charge in [-0.1, -0.05) is 6.08 Å². The molecule has 1 unspecified atom stereocenters. The molecule has 0 bridgehead atoms. The number of fused-ring (bicyclic) bond motifs is 1. The molecule has 1 aromatic carbocycles. The Morgan fingerprint density at radius 2 is 2.21 bits per heavy atom. The third kappa shape index (κ3) is 2.63. The van der Waals surface area contributed by atoms with Gasteiger partial charge in [0.1, 0.15) is 5.82 Å². The van der Waals surface area contributed by atoms with Gasteiger partial charge in [0.05, 0.1) is 11.2 Å². The number of nitrogens with zero attached hydrogens (tertiary/aromatic N) is 2. The molecule has 4 nitrogen and oxygen atoms in total. The number of hydrogen-bond donors (Lipinski definition) is 1. The van der Waals surface area contributed by atoms with Crippen molar-refractivity contribution in [1.29, 1.82) is 0 Å². The largest absolute Gasteiger partial charge is 0.363 e. The molecular formula is C19H22FN3O. The summed E-state index contributed by atoms with van der Waals surface area (Å²) in [5.41, 5.74) is 1.32. The fourth-order valence-corrected chi connectivity index (χ4v) is 3.65. The van der Waals surface area contributed by atoms with Crippen molar-refractivity contribution < 1.29 is 4.39 Å². The van der Waals surface area contributed by atoms with Gasteiger partial charge in [-0.25, -0.2) is 4.39 Å². The molecule has 2 heterocycles. The predicted molar refractivity (Wildman–Crippen MR) is 95.3 cm³/mol. The molecule has 1 aliphatic carbocycles. The zero-order chi connectivity index (χ0) is 16.7. The summed E-state index contributed by atoms with van der Waals surface area (Å²) in [6, 6.07) is 5.46. The molecule has 2 fully saturated rings. The van der Waals surface area contributed by atoms with Crippen molar-refractivity contribution in [2.45, 2.75) is 31.3 Å². The Balaban J connectivity index is 1.85. The number of aromatic nitrogens is 1. The SMILES string of the molecule is C=CCC1CNCCN1c1cc2c(cc1F)c(=O)ccn2C1CC1. The maximum atomic E-state index is 14.8. The average molecular weight is 327 g/mol. The lowest BCUT2D eigenvalue weighted by Crippen LogP contribution is -2.51. The maximum absolute atomic E-state index is 14.8. The predicted octanol–water partition coefficient (Wildman–Crippen LogP) is 2.83. The van der Waals surface area contributed by atoms with Crippen molar-refractivity contribution in [3.8, 4) is 0 Å². The van der Waals surface area contributed by atoms with E-state index in [0.29, 0.717) is 17.1 Å². The van der Waals surface area contributed by atoms with E-state index in [1.165, 1.54) is 6.07 Å². The summed E-state index contributed by atoms with van der Waals surface area (Å²) in [5, 5.41) is 3.83. The summed E-state index contributed by atoms with van der Waals surface area (Å²) in [6.45, 7) is 6.21. The van der Waals surface area contributed by atoms with Crippen molar-refractivity contribution in [2.75, 3.05) is 24.5 Å². The van der Waals surface area contributed by atoms with Gasteiger partial charge < -0.3 is 14.8 Å². The van der Waals surface area contributed by atoms with Crippen LogP contribution in [0.4, 0.5) is 10.1 Å². The Morgan fingerprint density at radius 3 is 2.96 bits per heavy atom. The normalized spacial score (nSPS) is 21.2. The van der Waals surface area contributed by atoms with Crippen LogP contribution in [0.15, 0.2) is 41.8 Å². The second kappa shape index (κ2) is 6.06. The van der Waals surface area contributed by atoms with E-state index in [4.69, 9.17) is 0 Å². The van der Waals surface area contributed by atoms with Gasteiger partial charge >= 0.3 is 0 Å². The number of nitrogens with one attached hydrogen (secondary N) is 1. The fraction of sp³-hybridized carbons (Fsp3) is 0.421. The van der Waals surface area contributed by atoms with Crippen LogP contribution in [-0.4, -0.2) is 30.2 Å². The molecule has 0 radical (unpaired) electrons. The molecule has 4 rings (SSSR count). The lowest BCUT2D eigenvalue weighted by atomic mass is 10.1. The molecule has 2 aliphatic rings. The van der Waals surface area contributed by atoms with E-state index < -0.39 is 0 Å². The molecule has 1 saturated heterocycles. The van der Waals surface area contributed by atoms with Crippen LogP contribution in [0.25, 0.3) is 10.9 Å². The maximum Gasteiger partial charge on any atom is 0.189 e. The van der Waals surface area contributed by atoms with E-state index in [1.54, 1.807) is 6.07 Å². The summed E-state index contributed by atoms with van der Waals surface area (Å²) in [5.74, 6) is -0.316.